The van der Waals surface area contributed by atoms with E-state index in [1.807, 2.05) is 24.3 Å². The first kappa shape index (κ1) is 21.0. The van der Waals surface area contributed by atoms with Gasteiger partial charge in [-0.15, -0.1) is 21.6 Å². The predicted octanol–water partition coefficient (Wildman–Crippen LogP) is 4.92. The van der Waals surface area contributed by atoms with Crippen LogP contribution in [0.5, 0.6) is 5.88 Å². The van der Waals surface area contributed by atoms with Crippen molar-refractivity contribution < 1.29 is 19.4 Å². The predicted molar refractivity (Wildman–Crippen MR) is 120 cm³/mol. The molecule has 158 valence electrons. The lowest BCUT2D eigenvalue weighted by molar-refractivity contribution is -0.143. The number of rotatable bonds is 7. The van der Waals surface area contributed by atoms with Crippen LogP contribution in [0.15, 0.2) is 63.1 Å². The summed E-state index contributed by atoms with van der Waals surface area (Å²) >= 11 is 2.80. The number of aromatic hydroxyl groups is 1. The Labute approximate surface area is 185 Å². The van der Waals surface area contributed by atoms with Gasteiger partial charge >= 0.3 is 5.97 Å². The number of benzene rings is 2. The molecule has 0 aliphatic carbocycles. The normalized spacial score (nSPS) is 11.5. The van der Waals surface area contributed by atoms with Crippen molar-refractivity contribution in [3.63, 3.8) is 0 Å². The maximum Gasteiger partial charge on any atom is 0.326 e. The third-order valence-corrected chi connectivity index (χ3v) is 6.53. The molecule has 31 heavy (non-hydrogen) atoms. The zero-order valence-corrected chi connectivity index (χ0v) is 18.2. The summed E-state index contributed by atoms with van der Waals surface area (Å²) in [6, 6.07) is 14.8. The minimum absolute atomic E-state index is 0.0750. The van der Waals surface area contributed by atoms with E-state index in [4.69, 9.17) is 4.74 Å². The molecule has 1 N–H and O–H groups in total. The summed E-state index contributed by atoms with van der Waals surface area (Å²) in [5.41, 5.74) is 1.62. The van der Waals surface area contributed by atoms with Crippen molar-refractivity contribution in [2.75, 3.05) is 12.4 Å². The summed E-state index contributed by atoms with van der Waals surface area (Å²) in [4.78, 5) is 28.6. The van der Waals surface area contributed by atoms with Gasteiger partial charge in [-0.3, -0.25) is 14.2 Å². The van der Waals surface area contributed by atoms with E-state index < -0.39 is 11.9 Å². The van der Waals surface area contributed by atoms with Gasteiger partial charge in [0, 0.05) is 5.39 Å². The quantitative estimate of drug-likeness (QED) is 0.241. The highest BCUT2D eigenvalue weighted by Gasteiger charge is 2.19. The second-order valence-electron chi connectivity index (χ2n) is 6.41. The van der Waals surface area contributed by atoms with Gasteiger partial charge in [0.15, 0.2) is 10.0 Å². The van der Waals surface area contributed by atoms with Crippen molar-refractivity contribution in [2.24, 2.45) is 10.2 Å². The number of aromatic nitrogens is 2. The van der Waals surface area contributed by atoms with Crippen molar-refractivity contribution in [3.05, 3.63) is 48.5 Å². The number of hydrogen-bond donors (Lipinski definition) is 1. The van der Waals surface area contributed by atoms with Crippen LogP contribution in [0.4, 0.5) is 5.69 Å². The van der Waals surface area contributed by atoms with Crippen LogP contribution in [0.2, 0.25) is 0 Å². The number of thiazole rings is 1. The van der Waals surface area contributed by atoms with E-state index in [1.54, 1.807) is 31.2 Å². The van der Waals surface area contributed by atoms with Crippen LogP contribution in [0, 0.1) is 0 Å². The molecule has 0 aliphatic heterocycles. The fourth-order valence-electron chi connectivity index (χ4n) is 3.04. The molecule has 0 atom stereocenters. The smallest absolute Gasteiger partial charge is 0.326 e. The number of carbonyl (C=O) groups excluding carboxylic acids is 2. The second-order valence-corrected chi connectivity index (χ2v) is 8.66. The number of hydrogen-bond acceptors (Lipinski definition) is 8. The Morgan fingerprint density at radius 3 is 2.77 bits per heavy atom. The van der Waals surface area contributed by atoms with Crippen molar-refractivity contribution in [2.45, 2.75) is 17.8 Å². The van der Waals surface area contributed by atoms with Crippen molar-refractivity contribution in [1.82, 2.24) is 9.55 Å². The monoisotopic (exact) mass is 454 g/mol. The third kappa shape index (κ3) is 4.59. The number of carbonyl (C=O) groups is 2. The van der Waals surface area contributed by atoms with Gasteiger partial charge in [-0.1, -0.05) is 42.1 Å². The Kier molecular flexibility index (Phi) is 6.28. The fraction of sp³-hybridized carbons (Fsp3) is 0.190. The van der Waals surface area contributed by atoms with E-state index in [9.17, 15) is 14.7 Å². The van der Waals surface area contributed by atoms with E-state index in [2.05, 4.69) is 15.2 Å². The van der Waals surface area contributed by atoms with E-state index in [-0.39, 0.29) is 30.5 Å². The summed E-state index contributed by atoms with van der Waals surface area (Å²) in [7, 11) is 0. The minimum Gasteiger partial charge on any atom is -0.493 e. The van der Waals surface area contributed by atoms with Gasteiger partial charge in [0.2, 0.25) is 5.88 Å². The van der Waals surface area contributed by atoms with Gasteiger partial charge in [0.1, 0.15) is 6.54 Å². The van der Waals surface area contributed by atoms with E-state index in [0.29, 0.717) is 10.9 Å². The van der Waals surface area contributed by atoms with Gasteiger partial charge < -0.3 is 9.84 Å². The number of para-hydroxylation sites is 2. The number of nitrogens with zero attached hydrogens (tertiary/aromatic N) is 4. The van der Waals surface area contributed by atoms with Crippen LogP contribution in [-0.2, 0) is 20.9 Å². The Morgan fingerprint density at radius 2 is 1.97 bits per heavy atom. The minimum atomic E-state index is -0.481. The standard InChI is InChI=1S/C21H18N4O4S2/c1-2-29-18(27)11-25-15-9-5-3-7-13(15)19(20(25)28)24-23-17(26)12-30-21-22-14-8-4-6-10-16(14)31-21/h3-10,28H,2,11-12H2,1H3. The van der Waals surface area contributed by atoms with Crippen LogP contribution in [0.1, 0.15) is 6.92 Å². The molecule has 0 spiro atoms. The molecule has 0 saturated heterocycles. The summed E-state index contributed by atoms with van der Waals surface area (Å²) in [5.74, 6) is -1.10. The molecule has 2 heterocycles. The molecule has 8 nitrogen and oxygen atoms in total. The van der Waals surface area contributed by atoms with Crippen LogP contribution in [0.25, 0.3) is 21.1 Å². The first-order chi connectivity index (χ1) is 15.1. The zero-order valence-electron chi connectivity index (χ0n) is 16.5. The molecular formula is C21H18N4O4S2. The Hall–Kier alpha value is -3.24. The number of amides is 1. The molecule has 2 aromatic carbocycles. The molecule has 0 bridgehead atoms. The summed E-state index contributed by atoms with van der Waals surface area (Å²) in [5, 5.41) is 18.9. The highest BCUT2D eigenvalue weighted by atomic mass is 32.2. The average molecular weight is 455 g/mol. The van der Waals surface area contributed by atoms with E-state index in [1.165, 1.54) is 27.7 Å². The molecule has 0 fully saturated rings. The lowest BCUT2D eigenvalue weighted by Crippen LogP contribution is -2.12. The molecule has 0 saturated carbocycles. The van der Waals surface area contributed by atoms with Crippen molar-refractivity contribution in [1.29, 1.82) is 0 Å². The number of fused-ring (bicyclic) bond motifs is 2. The summed E-state index contributed by atoms with van der Waals surface area (Å²) in [6.45, 7) is 1.78. The van der Waals surface area contributed by atoms with Gasteiger partial charge in [-0.25, -0.2) is 4.98 Å². The van der Waals surface area contributed by atoms with E-state index in [0.717, 1.165) is 14.6 Å². The van der Waals surface area contributed by atoms with Crippen molar-refractivity contribution >= 4 is 61.8 Å². The SMILES string of the molecule is CCOC(=O)Cn1c(O)c(N=NC(=O)CSc2nc3ccccc3s2)c2ccccc21. The molecule has 1 amide bonds. The van der Waals surface area contributed by atoms with Crippen LogP contribution in [0.3, 0.4) is 0 Å². The molecule has 4 aromatic rings. The molecule has 0 aliphatic rings. The van der Waals surface area contributed by atoms with Gasteiger partial charge in [-0.05, 0) is 25.1 Å². The van der Waals surface area contributed by atoms with E-state index >= 15 is 0 Å². The number of azo groups is 1. The lowest BCUT2D eigenvalue weighted by Gasteiger charge is -2.06. The molecule has 0 radical (unpaired) electrons. The largest absolute Gasteiger partial charge is 0.493 e. The number of esters is 1. The molecular weight excluding hydrogens is 436 g/mol. The van der Waals surface area contributed by atoms with Crippen LogP contribution >= 0.6 is 23.1 Å². The fourth-order valence-corrected chi connectivity index (χ4v) is 4.88. The first-order valence-electron chi connectivity index (χ1n) is 9.45. The molecule has 10 heteroatoms. The van der Waals surface area contributed by atoms with Gasteiger partial charge in [0.05, 0.1) is 28.1 Å². The second kappa shape index (κ2) is 9.27. The zero-order chi connectivity index (χ0) is 21.8. The van der Waals surface area contributed by atoms with Crippen LogP contribution < -0.4 is 0 Å². The maximum absolute atomic E-state index is 12.3. The number of thioether (sulfide) groups is 1. The molecule has 0 unspecified atom stereocenters. The topological polar surface area (TPSA) is 106 Å². The average Bonchev–Trinajstić information content (AvgIpc) is 3.30. The summed E-state index contributed by atoms with van der Waals surface area (Å²) < 4.78 is 8.19. The Morgan fingerprint density at radius 1 is 1.19 bits per heavy atom. The lowest BCUT2D eigenvalue weighted by atomic mass is 10.2. The van der Waals surface area contributed by atoms with Gasteiger partial charge in [-0.2, -0.15) is 0 Å². The molecule has 4 rings (SSSR count). The summed E-state index contributed by atoms with van der Waals surface area (Å²) in [6.07, 6.45) is 0. The van der Waals surface area contributed by atoms with Crippen molar-refractivity contribution in [3.8, 4) is 5.88 Å². The first-order valence-corrected chi connectivity index (χ1v) is 11.3. The van der Waals surface area contributed by atoms with Crippen LogP contribution in [-0.4, -0.2) is 38.9 Å². The number of ether oxygens (including phenoxy) is 1. The Bertz CT molecular complexity index is 1260. The Balaban J connectivity index is 1.51. The third-order valence-electron chi connectivity index (χ3n) is 4.36. The highest BCUT2D eigenvalue weighted by molar-refractivity contribution is 8.01. The van der Waals surface area contributed by atoms with Gasteiger partial charge in [0.25, 0.3) is 5.91 Å². The maximum atomic E-state index is 12.3. The highest BCUT2D eigenvalue weighted by Crippen LogP contribution is 2.39. The molecule has 2 aromatic heterocycles.